The third kappa shape index (κ3) is 8.45. The first-order chi connectivity index (χ1) is 11.4. The lowest BCUT2D eigenvalue weighted by molar-refractivity contribution is -0.153. The molecule has 0 bridgehead atoms. The smallest absolute Gasteiger partial charge is 0.331 e. The van der Waals surface area contributed by atoms with Crippen molar-refractivity contribution < 1.29 is 24.9 Å². The first-order valence-electron chi connectivity index (χ1n) is 9.14. The van der Waals surface area contributed by atoms with Crippen molar-refractivity contribution in [2.75, 3.05) is 12.4 Å². The molecule has 0 aromatic heterocycles. The van der Waals surface area contributed by atoms with Gasteiger partial charge in [0.25, 0.3) is 0 Å². The molecule has 0 aliphatic heterocycles. The van der Waals surface area contributed by atoms with Gasteiger partial charge in [-0.15, -0.1) is 11.8 Å². The van der Waals surface area contributed by atoms with Crippen molar-refractivity contribution in [2.24, 2.45) is 10.8 Å². The first-order valence-corrected chi connectivity index (χ1v) is 10.1. The van der Waals surface area contributed by atoms with E-state index in [0.717, 1.165) is 50.3 Å². The minimum Gasteiger partial charge on any atom is -0.480 e. The Bertz CT molecular complexity index is 418. The Kier molecular flexibility index (Phi) is 10.1. The highest BCUT2D eigenvalue weighted by Crippen LogP contribution is 2.41. The van der Waals surface area contributed by atoms with Crippen molar-refractivity contribution in [3.63, 3.8) is 0 Å². The molecule has 0 aliphatic carbocycles. The predicted octanol–water partition coefficient (Wildman–Crippen LogP) is 4.42. The van der Waals surface area contributed by atoms with Gasteiger partial charge in [0.1, 0.15) is 0 Å². The number of carboxylic acid groups (broad SMARTS) is 2. The van der Waals surface area contributed by atoms with Gasteiger partial charge in [-0.05, 0) is 55.1 Å². The molecule has 0 aliphatic rings. The molecular weight excluding hydrogens is 340 g/mol. The second-order valence-corrected chi connectivity index (χ2v) is 9.87. The van der Waals surface area contributed by atoms with E-state index in [9.17, 15) is 19.8 Å². The zero-order chi connectivity index (χ0) is 19.7. The third-order valence-electron chi connectivity index (χ3n) is 4.70. The van der Waals surface area contributed by atoms with Crippen LogP contribution >= 0.6 is 11.8 Å². The maximum absolute atomic E-state index is 11.8. The molecule has 0 heterocycles. The second kappa shape index (κ2) is 10.4. The van der Waals surface area contributed by atoms with Gasteiger partial charge in [0, 0.05) is 6.61 Å². The fourth-order valence-corrected chi connectivity index (χ4v) is 4.71. The van der Waals surface area contributed by atoms with Crippen molar-refractivity contribution in [1.29, 1.82) is 0 Å². The monoisotopic (exact) mass is 376 g/mol. The molecule has 0 unspecified atom stereocenters. The summed E-state index contributed by atoms with van der Waals surface area (Å²) in [4.78, 5) is 23.7. The zero-order valence-corrected chi connectivity index (χ0v) is 17.2. The van der Waals surface area contributed by atoms with Crippen LogP contribution in [0.5, 0.6) is 0 Å². The summed E-state index contributed by atoms with van der Waals surface area (Å²) >= 11 is 1.05. The zero-order valence-electron chi connectivity index (χ0n) is 16.4. The van der Waals surface area contributed by atoms with E-state index in [1.807, 2.05) is 20.8 Å². The normalized spacial score (nSPS) is 13.0. The van der Waals surface area contributed by atoms with E-state index < -0.39 is 16.7 Å². The van der Waals surface area contributed by atoms with E-state index >= 15 is 0 Å². The van der Waals surface area contributed by atoms with Gasteiger partial charge >= 0.3 is 11.9 Å². The van der Waals surface area contributed by atoms with Crippen LogP contribution in [0, 0.1) is 10.8 Å². The average Bonchev–Trinajstić information content (AvgIpc) is 2.47. The summed E-state index contributed by atoms with van der Waals surface area (Å²) in [5, 5.41) is 28.3. The molecule has 0 spiro atoms. The molecule has 0 fully saturated rings. The van der Waals surface area contributed by atoms with Gasteiger partial charge in [-0.1, -0.05) is 41.0 Å². The van der Waals surface area contributed by atoms with Crippen LogP contribution in [-0.2, 0) is 9.59 Å². The molecular formula is C19H36O5S. The first kappa shape index (κ1) is 24.2. The highest BCUT2D eigenvalue weighted by molar-refractivity contribution is 8.02. The number of aliphatic hydroxyl groups is 1. The van der Waals surface area contributed by atoms with E-state index in [1.54, 1.807) is 0 Å². The largest absolute Gasteiger partial charge is 0.480 e. The fourth-order valence-electron chi connectivity index (χ4n) is 3.34. The number of aliphatic hydroxyl groups excluding tert-OH is 1. The molecule has 0 saturated carbocycles. The van der Waals surface area contributed by atoms with Crippen molar-refractivity contribution >= 4 is 23.7 Å². The lowest BCUT2D eigenvalue weighted by Crippen LogP contribution is -2.47. The summed E-state index contributed by atoms with van der Waals surface area (Å²) in [7, 11) is 0. The number of rotatable bonds is 14. The van der Waals surface area contributed by atoms with E-state index in [4.69, 9.17) is 5.11 Å². The Labute approximate surface area is 156 Å². The highest BCUT2D eigenvalue weighted by atomic mass is 32.2. The SMILES string of the molecule is CCCC(C)(C)CC(SCCCC(C)(C)CCCO)(C(=O)O)C(=O)O. The van der Waals surface area contributed by atoms with Crippen LogP contribution in [0.3, 0.4) is 0 Å². The van der Waals surface area contributed by atoms with Gasteiger partial charge in [0.05, 0.1) is 0 Å². The molecule has 0 saturated heterocycles. The van der Waals surface area contributed by atoms with E-state index in [0.29, 0.717) is 5.75 Å². The minimum atomic E-state index is -1.78. The summed E-state index contributed by atoms with van der Waals surface area (Å²) in [5.74, 6) is -2.01. The van der Waals surface area contributed by atoms with Crippen LogP contribution in [0.1, 0.15) is 79.6 Å². The number of carboxylic acids is 2. The molecule has 0 atom stereocenters. The topological polar surface area (TPSA) is 94.8 Å². The highest BCUT2D eigenvalue weighted by Gasteiger charge is 2.50. The fraction of sp³-hybridized carbons (Fsp3) is 0.895. The van der Waals surface area contributed by atoms with Crippen LogP contribution in [0.25, 0.3) is 0 Å². The Balaban J connectivity index is 4.93. The van der Waals surface area contributed by atoms with Gasteiger partial charge in [0.2, 0.25) is 4.75 Å². The maximum Gasteiger partial charge on any atom is 0.331 e. The Hall–Kier alpha value is -0.750. The molecule has 0 aromatic carbocycles. The number of hydrogen-bond acceptors (Lipinski definition) is 4. The Morgan fingerprint density at radius 2 is 1.40 bits per heavy atom. The second-order valence-electron chi connectivity index (χ2n) is 8.47. The van der Waals surface area contributed by atoms with Gasteiger partial charge in [-0.3, -0.25) is 9.59 Å². The van der Waals surface area contributed by atoms with Crippen molar-refractivity contribution in [2.45, 2.75) is 84.3 Å². The Morgan fingerprint density at radius 1 is 0.880 bits per heavy atom. The van der Waals surface area contributed by atoms with Crippen LogP contribution in [0.2, 0.25) is 0 Å². The lowest BCUT2D eigenvalue weighted by Gasteiger charge is -2.34. The predicted molar refractivity (Wildman–Crippen MR) is 103 cm³/mol. The molecule has 0 rings (SSSR count). The molecule has 0 aromatic rings. The number of carbonyl (C=O) groups is 2. The van der Waals surface area contributed by atoms with Gasteiger partial charge in [0.15, 0.2) is 0 Å². The van der Waals surface area contributed by atoms with Crippen LogP contribution in [0.4, 0.5) is 0 Å². The summed E-state index contributed by atoms with van der Waals surface area (Å²) in [6.45, 7) is 10.3. The summed E-state index contributed by atoms with van der Waals surface area (Å²) < 4.78 is -1.78. The number of thioether (sulfide) groups is 1. The van der Waals surface area contributed by atoms with E-state index in [-0.39, 0.29) is 23.9 Å². The quantitative estimate of drug-likeness (QED) is 0.307. The maximum atomic E-state index is 11.8. The van der Waals surface area contributed by atoms with Gasteiger partial charge < -0.3 is 15.3 Å². The standard InChI is InChI=1S/C19H36O5S/c1-6-9-18(4,5)14-19(15(21)22,16(23)24)25-13-8-11-17(2,3)10-7-12-20/h20H,6-14H2,1-5H3,(H,21,22)(H,23,24). The van der Waals surface area contributed by atoms with Gasteiger partial charge in [-0.25, -0.2) is 0 Å². The molecule has 0 radical (unpaired) electrons. The van der Waals surface area contributed by atoms with Crippen LogP contribution < -0.4 is 0 Å². The summed E-state index contributed by atoms with van der Waals surface area (Å²) in [6.07, 6.45) is 5.11. The lowest BCUT2D eigenvalue weighted by atomic mass is 9.79. The molecule has 3 N–H and O–H groups in total. The molecule has 6 heteroatoms. The molecule has 5 nitrogen and oxygen atoms in total. The van der Waals surface area contributed by atoms with Crippen molar-refractivity contribution in [3.8, 4) is 0 Å². The summed E-state index contributed by atoms with van der Waals surface area (Å²) in [6, 6.07) is 0. The molecule has 0 amide bonds. The van der Waals surface area contributed by atoms with Crippen LogP contribution in [-0.4, -0.2) is 44.4 Å². The minimum absolute atomic E-state index is 0.0693. The average molecular weight is 377 g/mol. The molecule has 25 heavy (non-hydrogen) atoms. The third-order valence-corrected chi connectivity index (χ3v) is 6.18. The van der Waals surface area contributed by atoms with E-state index in [2.05, 4.69) is 13.8 Å². The van der Waals surface area contributed by atoms with Crippen molar-refractivity contribution in [1.82, 2.24) is 0 Å². The summed E-state index contributed by atoms with van der Waals surface area (Å²) in [5.41, 5.74) is -0.265. The Morgan fingerprint density at radius 3 is 1.84 bits per heavy atom. The van der Waals surface area contributed by atoms with E-state index in [1.165, 1.54) is 0 Å². The van der Waals surface area contributed by atoms with Gasteiger partial charge in [-0.2, -0.15) is 0 Å². The number of aliphatic carboxylic acids is 2. The van der Waals surface area contributed by atoms with Crippen LogP contribution in [0.15, 0.2) is 0 Å². The molecule has 148 valence electrons. The van der Waals surface area contributed by atoms with Crippen molar-refractivity contribution in [3.05, 3.63) is 0 Å². The number of hydrogen-bond donors (Lipinski definition) is 3.